The molecule has 0 aliphatic heterocycles. The van der Waals surface area contributed by atoms with Crippen molar-refractivity contribution in [1.82, 2.24) is 4.98 Å². The predicted octanol–water partition coefficient (Wildman–Crippen LogP) is 3.28. The lowest BCUT2D eigenvalue weighted by molar-refractivity contribution is 0.569. The largest absolute Gasteiger partial charge is 0.423 e. The number of hydrogen-bond donors (Lipinski definition) is 0. The van der Waals surface area contributed by atoms with E-state index in [1.54, 1.807) is 0 Å². The van der Waals surface area contributed by atoms with E-state index in [2.05, 4.69) is 16.8 Å². The topological polar surface area (TPSA) is 29.3 Å². The van der Waals surface area contributed by atoms with Crippen LogP contribution in [0.4, 0.5) is 6.01 Å². The summed E-state index contributed by atoms with van der Waals surface area (Å²) in [5.74, 6) is 0.582. The molecule has 86 valence electrons. The van der Waals surface area contributed by atoms with Crippen molar-refractivity contribution in [3.63, 3.8) is 0 Å². The average Bonchev–Trinajstić information content (AvgIpc) is 2.72. The molecule has 4 heteroatoms. The number of hydrogen-bond acceptors (Lipinski definition) is 3. The van der Waals surface area contributed by atoms with Gasteiger partial charge in [0.15, 0.2) is 5.58 Å². The van der Waals surface area contributed by atoms with E-state index in [4.69, 9.17) is 16.0 Å². The quantitative estimate of drug-likeness (QED) is 0.749. The molecular formula is C12H15ClN2O. The van der Waals surface area contributed by atoms with Gasteiger partial charge in [-0.15, -0.1) is 11.6 Å². The van der Waals surface area contributed by atoms with Crippen molar-refractivity contribution in [3.8, 4) is 0 Å². The molecule has 0 saturated heterocycles. The molecule has 0 amide bonds. The first-order chi connectivity index (χ1) is 7.85. The predicted molar refractivity (Wildman–Crippen MR) is 67.2 cm³/mol. The highest BCUT2D eigenvalue weighted by Gasteiger charge is 2.12. The summed E-state index contributed by atoms with van der Waals surface area (Å²) in [6, 6.07) is 8.45. The molecule has 0 atom stereocenters. The molecule has 0 bridgehead atoms. The first-order valence-corrected chi connectivity index (χ1v) is 6.05. The van der Waals surface area contributed by atoms with Crippen LogP contribution in [-0.2, 0) is 0 Å². The third kappa shape index (κ3) is 2.30. The highest BCUT2D eigenvalue weighted by molar-refractivity contribution is 6.18. The Balaban J connectivity index is 2.29. The van der Waals surface area contributed by atoms with Gasteiger partial charge in [-0.1, -0.05) is 19.1 Å². The Kier molecular flexibility index (Phi) is 3.67. The van der Waals surface area contributed by atoms with E-state index in [1.807, 2.05) is 24.3 Å². The Morgan fingerprint density at radius 3 is 2.81 bits per heavy atom. The summed E-state index contributed by atoms with van der Waals surface area (Å²) >= 11 is 5.77. The number of fused-ring (bicyclic) bond motifs is 1. The van der Waals surface area contributed by atoms with Crippen LogP contribution in [0.3, 0.4) is 0 Å². The van der Waals surface area contributed by atoms with Gasteiger partial charge < -0.3 is 9.32 Å². The summed E-state index contributed by atoms with van der Waals surface area (Å²) in [4.78, 5) is 6.53. The van der Waals surface area contributed by atoms with Gasteiger partial charge in [-0.2, -0.15) is 4.98 Å². The van der Waals surface area contributed by atoms with Crippen LogP contribution in [0.25, 0.3) is 11.1 Å². The number of halogens is 1. The number of nitrogens with zero attached hydrogens (tertiary/aromatic N) is 2. The molecule has 0 radical (unpaired) electrons. The number of aromatic nitrogens is 1. The van der Waals surface area contributed by atoms with E-state index in [0.29, 0.717) is 11.9 Å². The van der Waals surface area contributed by atoms with Gasteiger partial charge in [0.25, 0.3) is 6.01 Å². The molecule has 1 aromatic heterocycles. The maximum absolute atomic E-state index is 5.77. The number of rotatable bonds is 5. The zero-order chi connectivity index (χ0) is 11.4. The van der Waals surface area contributed by atoms with E-state index in [9.17, 15) is 0 Å². The molecule has 2 rings (SSSR count). The number of oxazole rings is 1. The molecule has 0 N–H and O–H groups in total. The molecule has 0 spiro atoms. The van der Waals surface area contributed by atoms with E-state index in [-0.39, 0.29) is 0 Å². The van der Waals surface area contributed by atoms with Crippen LogP contribution in [0, 0.1) is 0 Å². The van der Waals surface area contributed by atoms with Crippen molar-refractivity contribution in [2.75, 3.05) is 23.9 Å². The van der Waals surface area contributed by atoms with Crippen molar-refractivity contribution in [3.05, 3.63) is 24.3 Å². The molecule has 0 unspecified atom stereocenters. The summed E-state index contributed by atoms with van der Waals surface area (Å²) in [5.41, 5.74) is 1.72. The van der Waals surface area contributed by atoms with E-state index in [1.165, 1.54) is 0 Å². The summed E-state index contributed by atoms with van der Waals surface area (Å²) in [7, 11) is 0. The molecule has 0 aliphatic rings. The van der Waals surface area contributed by atoms with E-state index < -0.39 is 0 Å². The van der Waals surface area contributed by atoms with Crippen LogP contribution in [-0.4, -0.2) is 24.0 Å². The van der Waals surface area contributed by atoms with Gasteiger partial charge in [0.05, 0.1) is 0 Å². The lowest BCUT2D eigenvalue weighted by Gasteiger charge is -2.17. The fraction of sp³-hybridized carbons (Fsp3) is 0.417. The second kappa shape index (κ2) is 5.21. The summed E-state index contributed by atoms with van der Waals surface area (Å²) in [5, 5.41) is 0. The van der Waals surface area contributed by atoms with Crippen LogP contribution >= 0.6 is 11.6 Å². The Morgan fingerprint density at radius 1 is 1.31 bits per heavy atom. The van der Waals surface area contributed by atoms with Crippen molar-refractivity contribution in [2.24, 2.45) is 0 Å². The van der Waals surface area contributed by atoms with Gasteiger partial charge >= 0.3 is 0 Å². The molecule has 3 nitrogen and oxygen atoms in total. The second-order valence-electron chi connectivity index (χ2n) is 3.64. The fourth-order valence-corrected chi connectivity index (χ4v) is 1.87. The minimum absolute atomic E-state index is 0.582. The van der Waals surface area contributed by atoms with E-state index >= 15 is 0 Å². The van der Waals surface area contributed by atoms with Gasteiger partial charge in [0.2, 0.25) is 0 Å². The van der Waals surface area contributed by atoms with Crippen molar-refractivity contribution >= 4 is 28.7 Å². The van der Waals surface area contributed by atoms with Crippen molar-refractivity contribution < 1.29 is 4.42 Å². The summed E-state index contributed by atoms with van der Waals surface area (Å²) in [6.45, 7) is 3.81. The highest BCUT2D eigenvalue weighted by Crippen LogP contribution is 2.21. The smallest absolute Gasteiger partial charge is 0.298 e. The lowest BCUT2D eigenvalue weighted by atomic mass is 10.3. The summed E-state index contributed by atoms with van der Waals surface area (Å²) < 4.78 is 5.69. The number of alkyl halides is 1. The Bertz CT molecular complexity index is 416. The molecule has 1 aromatic carbocycles. The number of anilines is 1. The first-order valence-electron chi connectivity index (χ1n) is 5.51. The van der Waals surface area contributed by atoms with Crippen LogP contribution in [0.1, 0.15) is 13.3 Å². The highest BCUT2D eigenvalue weighted by atomic mass is 35.5. The van der Waals surface area contributed by atoms with Gasteiger partial charge in [-0.3, -0.25) is 0 Å². The maximum atomic E-state index is 5.77. The van der Waals surface area contributed by atoms with Gasteiger partial charge in [0, 0.05) is 19.0 Å². The minimum atomic E-state index is 0.582. The maximum Gasteiger partial charge on any atom is 0.298 e. The standard InChI is InChI=1S/C12H15ClN2O/c1-2-8-15(9-7-13)12-14-10-5-3-4-6-11(10)16-12/h3-6H,2,7-9H2,1H3. The third-order valence-electron chi connectivity index (χ3n) is 2.40. The van der Waals surface area contributed by atoms with Crippen molar-refractivity contribution in [1.29, 1.82) is 0 Å². The normalized spacial score (nSPS) is 10.9. The molecular weight excluding hydrogens is 224 g/mol. The molecule has 2 aromatic rings. The monoisotopic (exact) mass is 238 g/mol. The Hall–Kier alpha value is -1.22. The van der Waals surface area contributed by atoms with Gasteiger partial charge in [-0.05, 0) is 18.6 Å². The zero-order valence-electron chi connectivity index (χ0n) is 9.32. The second-order valence-corrected chi connectivity index (χ2v) is 4.02. The van der Waals surface area contributed by atoms with Gasteiger partial charge in [0.1, 0.15) is 5.52 Å². The lowest BCUT2D eigenvalue weighted by Crippen LogP contribution is -2.26. The fourth-order valence-electron chi connectivity index (χ4n) is 1.67. The third-order valence-corrected chi connectivity index (χ3v) is 2.57. The summed E-state index contributed by atoms with van der Waals surface area (Å²) in [6.07, 6.45) is 1.05. The zero-order valence-corrected chi connectivity index (χ0v) is 10.1. The van der Waals surface area contributed by atoms with Crippen LogP contribution in [0.15, 0.2) is 28.7 Å². The molecule has 0 aliphatic carbocycles. The van der Waals surface area contributed by atoms with Crippen LogP contribution < -0.4 is 4.90 Å². The minimum Gasteiger partial charge on any atom is -0.423 e. The van der Waals surface area contributed by atoms with E-state index in [0.717, 1.165) is 30.6 Å². The molecule has 0 saturated carbocycles. The first kappa shape index (κ1) is 11.3. The number of para-hydroxylation sites is 2. The molecule has 16 heavy (non-hydrogen) atoms. The van der Waals surface area contributed by atoms with Crippen molar-refractivity contribution in [2.45, 2.75) is 13.3 Å². The van der Waals surface area contributed by atoms with Crippen LogP contribution in [0.5, 0.6) is 0 Å². The molecule has 0 fully saturated rings. The average molecular weight is 239 g/mol. The van der Waals surface area contributed by atoms with Gasteiger partial charge in [-0.25, -0.2) is 0 Å². The Morgan fingerprint density at radius 2 is 2.12 bits per heavy atom. The number of benzene rings is 1. The SMILES string of the molecule is CCCN(CCCl)c1nc2ccccc2o1. The van der Waals surface area contributed by atoms with Crippen LogP contribution in [0.2, 0.25) is 0 Å². The molecule has 1 heterocycles. The Labute approximate surface area is 100 Å².